The predicted octanol–water partition coefficient (Wildman–Crippen LogP) is 4.21. The van der Waals surface area contributed by atoms with Crippen molar-refractivity contribution in [3.63, 3.8) is 0 Å². The second-order valence-corrected chi connectivity index (χ2v) is 7.15. The van der Waals surface area contributed by atoms with Gasteiger partial charge in [-0.05, 0) is 53.3 Å². The van der Waals surface area contributed by atoms with Gasteiger partial charge in [-0.25, -0.2) is 0 Å². The van der Waals surface area contributed by atoms with Crippen LogP contribution < -0.4 is 10.6 Å². The van der Waals surface area contributed by atoms with E-state index in [9.17, 15) is 9.59 Å². The van der Waals surface area contributed by atoms with Crippen LogP contribution in [-0.4, -0.2) is 17.9 Å². The van der Waals surface area contributed by atoms with E-state index in [1.54, 1.807) is 6.92 Å². The van der Waals surface area contributed by atoms with Crippen LogP contribution in [0.4, 0.5) is 5.69 Å². The zero-order valence-electron chi connectivity index (χ0n) is 15.7. The Kier molecular flexibility index (Phi) is 4.94. The van der Waals surface area contributed by atoms with E-state index in [4.69, 9.17) is 0 Å². The van der Waals surface area contributed by atoms with E-state index in [0.29, 0.717) is 5.56 Å². The topological polar surface area (TPSA) is 58.2 Å². The zero-order chi connectivity index (χ0) is 19.5. The summed E-state index contributed by atoms with van der Waals surface area (Å²) in [6.07, 6.45) is 1.62. The Labute approximate surface area is 164 Å². The van der Waals surface area contributed by atoms with Gasteiger partial charge in [-0.2, -0.15) is 0 Å². The number of hydrogen-bond donors (Lipinski definition) is 2. The van der Waals surface area contributed by atoms with Gasteiger partial charge in [0, 0.05) is 24.2 Å². The molecule has 3 aromatic carbocycles. The lowest BCUT2D eigenvalue weighted by atomic mass is 9.99. The van der Waals surface area contributed by atoms with Crippen LogP contribution in [0, 0.1) is 0 Å². The van der Waals surface area contributed by atoms with Crippen molar-refractivity contribution >= 4 is 17.5 Å². The molecule has 0 bridgehead atoms. The van der Waals surface area contributed by atoms with Gasteiger partial charge in [0.05, 0.1) is 0 Å². The Hall–Kier alpha value is -3.40. The summed E-state index contributed by atoms with van der Waals surface area (Å²) in [5, 5.41) is 6.00. The molecule has 140 valence electrons. The highest BCUT2D eigenvalue weighted by Gasteiger charge is 2.22. The number of anilines is 1. The standard InChI is InChI=1S/C24H22N2O2/c1-16(27)25-21-13-18-11-12-20(14-19(18)15-21)26-24(28)23-10-6-5-9-22(23)17-7-3-2-4-8-17/h2-12,14,21H,13,15H2,1H3,(H,25,27)(H,26,28). The number of rotatable bonds is 4. The number of fused-ring (bicyclic) bond motifs is 1. The second-order valence-electron chi connectivity index (χ2n) is 7.15. The van der Waals surface area contributed by atoms with Crippen LogP contribution in [-0.2, 0) is 17.6 Å². The lowest BCUT2D eigenvalue weighted by Crippen LogP contribution is -2.33. The first kappa shape index (κ1) is 18.0. The molecule has 0 saturated heterocycles. The number of amides is 2. The van der Waals surface area contributed by atoms with Crippen molar-refractivity contribution in [3.05, 3.63) is 89.5 Å². The largest absolute Gasteiger partial charge is 0.353 e. The van der Waals surface area contributed by atoms with Crippen molar-refractivity contribution in [1.29, 1.82) is 0 Å². The minimum Gasteiger partial charge on any atom is -0.353 e. The Morgan fingerprint density at radius 2 is 1.57 bits per heavy atom. The fourth-order valence-electron chi connectivity index (χ4n) is 3.83. The first-order valence-corrected chi connectivity index (χ1v) is 9.45. The van der Waals surface area contributed by atoms with E-state index >= 15 is 0 Å². The van der Waals surface area contributed by atoms with Gasteiger partial charge < -0.3 is 10.6 Å². The highest BCUT2D eigenvalue weighted by Crippen LogP contribution is 2.27. The summed E-state index contributed by atoms with van der Waals surface area (Å²) >= 11 is 0. The zero-order valence-corrected chi connectivity index (χ0v) is 15.7. The van der Waals surface area contributed by atoms with Gasteiger partial charge in [-0.15, -0.1) is 0 Å². The van der Waals surface area contributed by atoms with Gasteiger partial charge in [-0.1, -0.05) is 54.6 Å². The Morgan fingerprint density at radius 3 is 2.36 bits per heavy atom. The maximum atomic E-state index is 13.0. The van der Waals surface area contributed by atoms with E-state index in [1.165, 1.54) is 11.1 Å². The fourth-order valence-corrected chi connectivity index (χ4v) is 3.83. The van der Waals surface area contributed by atoms with Crippen molar-refractivity contribution < 1.29 is 9.59 Å². The highest BCUT2D eigenvalue weighted by atomic mass is 16.2. The van der Waals surface area contributed by atoms with Crippen molar-refractivity contribution in [3.8, 4) is 11.1 Å². The van der Waals surface area contributed by atoms with Gasteiger partial charge in [-0.3, -0.25) is 9.59 Å². The van der Waals surface area contributed by atoms with Gasteiger partial charge in [0.25, 0.3) is 5.91 Å². The van der Waals surface area contributed by atoms with Crippen molar-refractivity contribution in [2.75, 3.05) is 5.32 Å². The lowest BCUT2D eigenvalue weighted by molar-refractivity contribution is -0.119. The number of hydrogen-bond acceptors (Lipinski definition) is 2. The molecule has 28 heavy (non-hydrogen) atoms. The fraction of sp³-hybridized carbons (Fsp3) is 0.167. The maximum absolute atomic E-state index is 13.0. The van der Waals surface area contributed by atoms with Crippen molar-refractivity contribution in [1.82, 2.24) is 5.32 Å². The van der Waals surface area contributed by atoms with E-state index < -0.39 is 0 Å². The SMILES string of the molecule is CC(=O)NC1Cc2ccc(NC(=O)c3ccccc3-c3ccccc3)cc2C1. The van der Waals surface area contributed by atoms with E-state index in [1.807, 2.05) is 72.8 Å². The van der Waals surface area contributed by atoms with Gasteiger partial charge in [0.15, 0.2) is 0 Å². The van der Waals surface area contributed by atoms with Crippen LogP contribution in [0.2, 0.25) is 0 Å². The van der Waals surface area contributed by atoms with Crippen LogP contribution >= 0.6 is 0 Å². The molecule has 0 heterocycles. The molecule has 0 saturated carbocycles. The molecule has 1 atom stereocenters. The summed E-state index contributed by atoms with van der Waals surface area (Å²) in [4.78, 5) is 24.3. The van der Waals surface area contributed by atoms with Crippen LogP contribution in [0.25, 0.3) is 11.1 Å². The Bertz CT molecular complexity index is 1030. The molecule has 0 radical (unpaired) electrons. The molecule has 0 fully saturated rings. The van der Waals surface area contributed by atoms with Crippen LogP contribution in [0.15, 0.2) is 72.8 Å². The van der Waals surface area contributed by atoms with Crippen molar-refractivity contribution in [2.45, 2.75) is 25.8 Å². The summed E-state index contributed by atoms with van der Waals surface area (Å²) in [5.41, 5.74) is 5.74. The summed E-state index contributed by atoms with van der Waals surface area (Å²) in [6, 6.07) is 23.7. The molecule has 4 heteroatoms. The number of carbonyl (C=O) groups is 2. The van der Waals surface area contributed by atoms with E-state index in [2.05, 4.69) is 10.6 Å². The van der Waals surface area contributed by atoms with Gasteiger partial charge in [0.2, 0.25) is 5.91 Å². The molecule has 4 nitrogen and oxygen atoms in total. The third kappa shape index (κ3) is 3.81. The molecular weight excluding hydrogens is 348 g/mol. The smallest absolute Gasteiger partial charge is 0.256 e. The van der Waals surface area contributed by atoms with Crippen LogP contribution in [0.5, 0.6) is 0 Å². The van der Waals surface area contributed by atoms with Crippen LogP contribution in [0.1, 0.15) is 28.4 Å². The third-order valence-corrected chi connectivity index (χ3v) is 5.06. The monoisotopic (exact) mass is 370 g/mol. The molecule has 0 spiro atoms. The minimum atomic E-state index is -0.129. The van der Waals surface area contributed by atoms with E-state index in [0.717, 1.165) is 29.7 Å². The Morgan fingerprint density at radius 1 is 0.857 bits per heavy atom. The minimum absolute atomic E-state index is 0.0103. The molecule has 1 aliphatic rings. The summed E-state index contributed by atoms with van der Waals surface area (Å²) in [7, 11) is 0. The second kappa shape index (κ2) is 7.69. The molecule has 3 aromatic rings. The third-order valence-electron chi connectivity index (χ3n) is 5.06. The number of nitrogens with one attached hydrogen (secondary N) is 2. The molecule has 2 amide bonds. The first-order chi connectivity index (χ1) is 13.6. The summed E-state index contributed by atoms with van der Waals surface area (Å²) < 4.78 is 0. The molecule has 1 aliphatic carbocycles. The predicted molar refractivity (Wildman–Crippen MR) is 111 cm³/mol. The van der Waals surface area contributed by atoms with Crippen molar-refractivity contribution in [2.24, 2.45) is 0 Å². The summed E-state index contributed by atoms with van der Waals surface area (Å²) in [6.45, 7) is 1.54. The summed E-state index contributed by atoms with van der Waals surface area (Å²) in [5.74, 6) is -0.139. The quantitative estimate of drug-likeness (QED) is 0.723. The van der Waals surface area contributed by atoms with Crippen LogP contribution in [0.3, 0.4) is 0 Å². The molecular formula is C24H22N2O2. The molecule has 0 aromatic heterocycles. The Balaban J connectivity index is 1.54. The number of benzene rings is 3. The van der Waals surface area contributed by atoms with Gasteiger partial charge in [0.1, 0.15) is 0 Å². The normalized spacial score (nSPS) is 15.0. The lowest BCUT2D eigenvalue weighted by Gasteiger charge is -2.11. The van der Waals surface area contributed by atoms with E-state index in [-0.39, 0.29) is 17.9 Å². The highest BCUT2D eigenvalue weighted by molar-refractivity contribution is 6.08. The van der Waals surface area contributed by atoms with Gasteiger partial charge >= 0.3 is 0 Å². The first-order valence-electron chi connectivity index (χ1n) is 9.45. The molecule has 2 N–H and O–H groups in total. The maximum Gasteiger partial charge on any atom is 0.256 e. The molecule has 1 unspecified atom stereocenters. The average molecular weight is 370 g/mol. The molecule has 4 rings (SSSR count). The average Bonchev–Trinajstić information content (AvgIpc) is 3.09. The number of carbonyl (C=O) groups excluding carboxylic acids is 2. The molecule has 0 aliphatic heterocycles.